The lowest BCUT2D eigenvalue weighted by atomic mass is 9.97. The topological polar surface area (TPSA) is 52.6 Å². The van der Waals surface area contributed by atoms with Crippen LogP contribution in [0.4, 0.5) is 4.79 Å². The molecule has 1 fully saturated rings. The molecule has 2 atom stereocenters. The van der Waals surface area contributed by atoms with Crippen LogP contribution in [0.25, 0.3) is 0 Å². The van der Waals surface area contributed by atoms with Gasteiger partial charge in [-0.05, 0) is 31.9 Å². The fourth-order valence-corrected chi connectivity index (χ4v) is 2.88. The standard InChI is InChI=1S/C15H22N2O2/c1-12(13-7-3-2-4-8-13)17-10-6-5-9-14(17)11-16-15(18)19/h2-4,7-8,12,14,16H,5-6,9-11H2,1H3,(H,18,19)/t12-,14+/m1/s1. The van der Waals surface area contributed by atoms with Crippen LogP contribution in [0.3, 0.4) is 0 Å². The molecule has 1 aliphatic heterocycles. The molecule has 0 unspecified atom stereocenters. The van der Waals surface area contributed by atoms with Gasteiger partial charge >= 0.3 is 6.09 Å². The molecule has 104 valence electrons. The summed E-state index contributed by atoms with van der Waals surface area (Å²) < 4.78 is 0. The van der Waals surface area contributed by atoms with E-state index >= 15 is 0 Å². The lowest BCUT2D eigenvalue weighted by molar-refractivity contribution is 0.100. The predicted octanol–water partition coefficient (Wildman–Crippen LogP) is 2.87. The molecular formula is C15H22N2O2. The summed E-state index contributed by atoms with van der Waals surface area (Å²) in [5.41, 5.74) is 1.30. The van der Waals surface area contributed by atoms with Crippen LogP contribution in [-0.4, -0.2) is 35.2 Å². The van der Waals surface area contributed by atoms with Crippen LogP contribution in [0.2, 0.25) is 0 Å². The van der Waals surface area contributed by atoms with E-state index in [1.807, 2.05) is 6.07 Å². The number of carboxylic acid groups (broad SMARTS) is 1. The summed E-state index contributed by atoms with van der Waals surface area (Å²) in [7, 11) is 0. The number of likely N-dealkylation sites (tertiary alicyclic amines) is 1. The van der Waals surface area contributed by atoms with Crippen molar-refractivity contribution in [2.75, 3.05) is 13.1 Å². The van der Waals surface area contributed by atoms with Gasteiger partial charge in [0.1, 0.15) is 0 Å². The van der Waals surface area contributed by atoms with Crippen molar-refractivity contribution in [3.63, 3.8) is 0 Å². The SMILES string of the molecule is C[C@H](c1ccccc1)N1CCCC[C@H]1CNC(=O)O. The minimum atomic E-state index is -0.933. The van der Waals surface area contributed by atoms with Crippen molar-refractivity contribution in [3.8, 4) is 0 Å². The molecule has 19 heavy (non-hydrogen) atoms. The summed E-state index contributed by atoms with van der Waals surface area (Å²) >= 11 is 0. The van der Waals surface area contributed by atoms with Gasteiger partial charge in [-0.25, -0.2) is 4.79 Å². The molecule has 1 amide bonds. The van der Waals surface area contributed by atoms with Crippen LogP contribution < -0.4 is 5.32 Å². The molecule has 4 heteroatoms. The molecule has 0 bridgehead atoms. The Balaban J connectivity index is 2.04. The van der Waals surface area contributed by atoms with E-state index in [1.165, 1.54) is 18.4 Å². The number of nitrogens with zero attached hydrogens (tertiary/aromatic N) is 1. The first-order chi connectivity index (χ1) is 9.18. The molecule has 1 saturated heterocycles. The quantitative estimate of drug-likeness (QED) is 0.877. The van der Waals surface area contributed by atoms with E-state index < -0.39 is 6.09 Å². The highest BCUT2D eigenvalue weighted by Gasteiger charge is 2.27. The Labute approximate surface area is 114 Å². The molecular weight excluding hydrogens is 240 g/mol. The summed E-state index contributed by atoms with van der Waals surface area (Å²) in [6.45, 7) is 3.77. The predicted molar refractivity (Wildman–Crippen MR) is 75.2 cm³/mol. The van der Waals surface area contributed by atoms with Crippen molar-refractivity contribution >= 4 is 6.09 Å². The summed E-state index contributed by atoms with van der Waals surface area (Å²) in [5.74, 6) is 0. The van der Waals surface area contributed by atoms with Gasteiger partial charge in [0.15, 0.2) is 0 Å². The minimum Gasteiger partial charge on any atom is -0.465 e. The Kier molecular flexibility index (Phi) is 4.80. The zero-order chi connectivity index (χ0) is 13.7. The fraction of sp³-hybridized carbons (Fsp3) is 0.533. The Morgan fingerprint density at radius 2 is 2.16 bits per heavy atom. The molecule has 1 aliphatic rings. The van der Waals surface area contributed by atoms with E-state index in [4.69, 9.17) is 5.11 Å². The van der Waals surface area contributed by atoms with Gasteiger partial charge < -0.3 is 10.4 Å². The normalized spacial score (nSPS) is 21.8. The smallest absolute Gasteiger partial charge is 0.404 e. The van der Waals surface area contributed by atoms with Gasteiger partial charge in [0.2, 0.25) is 0 Å². The molecule has 0 saturated carbocycles. The number of piperidine rings is 1. The van der Waals surface area contributed by atoms with E-state index in [0.717, 1.165) is 13.0 Å². The number of nitrogens with one attached hydrogen (secondary N) is 1. The van der Waals surface area contributed by atoms with Gasteiger partial charge in [0.25, 0.3) is 0 Å². The summed E-state index contributed by atoms with van der Waals surface area (Å²) in [4.78, 5) is 13.1. The molecule has 1 aromatic rings. The molecule has 1 aromatic carbocycles. The van der Waals surface area contributed by atoms with E-state index in [9.17, 15) is 4.79 Å². The minimum absolute atomic E-state index is 0.306. The number of amides is 1. The van der Waals surface area contributed by atoms with Crippen molar-refractivity contribution in [2.45, 2.75) is 38.3 Å². The van der Waals surface area contributed by atoms with E-state index in [-0.39, 0.29) is 0 Å². The summed E-state index contributed by atoms with van der Waals surface area (Å²) in [5, 5.41) is 11.3. The Bertz CT molecular complexity index is 408. The van der Waals surface area contributed by atoms with Gasteiger partial charge in [0, 0.05) is 18.6 Å². The second kappa shape index (κ2) is 6.57. The van der Waals surface area contributed by atoms with Crippen LogP contribution in [0.15, 0.2) is 30.3 Å². The third kappa shape index (κ3) is 3.70. The second-order valence-corrected chi connectivity index (χ2v) is 5.16. The molecule has 2 N–H and O–H groups in total. The van der Waals surface area contributed by atoms with Crippen LogP contribution in [-0.2, 0) is 0 Å². The largest absolute Gasteiger partial charge is 0.465 e. The summed E-state index contributed by atoms with van der Waals surface area (Å²) in [6, 6.07) is 11.1. The van der Waals surface area contributed by atoms with Gasteiger partial charge in [-0.3, -0.25) is 4.90 Å². The van der Waals surface area contributed by atoms with E-state index in [0.29, 0.717) is 18.6 Å². The first-order valence-corrected chi connectivity index (χ1v) is 6.96. The fourth-order valence-electron chi connectivity index (χ4n) is 2.88. The highest BCUT2D eigenvalue weighted by atomic mass is 16.4. The number of rotatable bonds is 4. The number of hydrogen-bond acceptors (Lipinski definition) is 2. The van der Waals surface area contributed by atoms with Gasteiger partial charge in [-0.1, -0.05) is 36.8 Å². The van der Waals surface area contributed by atoms with Crippen molar-refractivity contribution in [2.24, 2.45) is 0 Å². The summed E-state index contributed by atoms with van der Waals surface area (Å²) in [6.07, 6.45) is 2.51. The Hall–Kier alpha value is -1.55. The van der Waals surface area contributed by atoms with Gasteiger partial charge in [-0.15, -0.1) is 0 Å². The molecule has 0 aliphatic carbocycles. The van der Waals surface area contributed by atoms with Crippen LogP contribution in [0, 0.1) is 0 Å². The number of hydrogen-bond donors (Lipinski definition) is 2. The van der Waals surface area contributed by atoms with Crippen LogP contribution in [0.1, 0.15) is 37.8 Å². The molecule has 0 radical (unpaired) electrons. The van der Waals surface area contributed by atoms with Crippen LogP contribution in [0.5, 0.6) is 0 Å². The third-order valence-corrected chi connectivity index (χ3v) is 3.94. The number of benzene rings is 1. The van der Waals surface area contributed by atoms with E-state index in [1.54, 1.807) is 0 Å². The van der Waals surface area contributed by atoms with E-state index in [2.05, 4.69) is 41.4 Å². The molecule has 4 nitrogen and oxygen atoms in total. The molecule has 2 rings (SSSR count). The number of carbonyl (C=O) groups is 1. The van der Waals surface area contributed by atoms with Crippen molar-refractivity contribution in [1.29, 1.82) is 0 Å². The first kappa shape index (κ1) is 13.9. The maximum Gasteiger partial charge on any atom is 0.404 e. The zero-order valence-corrected chi connectivity index (χ0v) is 11.4. The Morgan fingerprint density at radius 3 is 2.84 bits per heavy atom. The average Bonchev–Trinajstić information content (AvgIpc) is 2.45. The monoisotopic (exact) mass is 262 g/mol. The third-order valence-electron chi connectivity index (χ3n) is 3.94. The molecule has 1 heterocycles. The van der Waals surface area contributed by atoms with Crippen LogP contribution >= 0.6 is 0 Å². The van der Waals surface area contributed by atoms with Crippen molar-refractivity contribution < 1.29 is 9.90 Å². The second-order valence-electron chi connectivity index (χ2n) is 5.16. The van der Waals surface area contributed by atoms with Gasteiger partial charge in [0.05, 0.1) is 0 Å². The lowest BCUT2D eigenvalue weighted by Crippen LogP contribution is -2.47. The highest BCUT2D eigenvalue weighted by Crippen LogP contribution is 2.27. The maximum atomic E-state index is 10.7. The molecule has 0 spiro atoms. The first-order valence-electron chi connectivity index (χ1n) is 6.96. The lowest BCUT2D eigenvalue weighted by Gasteiger charge is -2.40. The Morgan fingerprint density at radius 1 is 1.42 bits per heavy atom. The maximum absolute atomic E-state index is 10.7. The highest BCUT2D eigenvalue weighted by molar-refractivity contribution is 5.64. The zero-order valence-electron chi connectivity index (χ0n) is 11.4. The molecule has 0 aromatic heterocycles. The average molecular weight is 262 g/mol. The van der Waals surface area contributed by atoms with Crippen molar-refractivity contribution in [3.05, 3.63) is 35.9 Å². The van der Waals surface area contributed by atoms with Crippen molar-refractivity contribution in [1.82, 2.24) is 10.2 Å². The van der Waals surface area contributed by atoms with Gasteiger partial charge in [-0.2, -0.15) is 0 Å².